The first kappa shape index (κ1) is 12.1. The van der Waals surface area contributed by atoms with Gasteiger partial charge in [-0.2, -0.15) is 0 Å². The summed E-state index contributed by atoms with van der Waals surface area (Å²) in [4.78, 5) is 23.3. The van der Waals surface area contributed by atoms with Gasteiger partial charge in [-0.25, -0.2) is 0 Å². The number of rotatable bonds is 4. The van der Waals surface area contributed by atoms with Gasteiger partial charge >= 0.3 is 5.97 Å². The summed E-state index contributed by atoms with van der Waals surface area (Å²) in [5, 5.41) is 12.1. The SMILES string of the molecule is CC(C)CNC(=O)[C@@H]1[C@H](C(=O)O)[C@H]2C=C[C@H]1C2. The lowest BCUT2D eigenvalue weighted by molar-refractivity contribution is -0.147. The summed E-state index contributed by atoms with van der Waals surface area (Å²) in [6.07, 6.45) is 4.77. The maximum absolute atomic E-state index is 12.0. The van der Waals surface area contributed by atoms with Gasteiger partial charge in [0.15, 0.2) is 0 Å². The van der Waals surface area contributed by atoms with Gasteiger partial charge in [-0.3, -0.25) is 9.59 Å². The fourth-order valence-electron chi connectivity index (χ4n) is 2.94. The van der Waals surface area contributed by atoms with Crippen LogP contribution in [0, 0.1) is 29.6 Å². The van der Waals surface area contributed by atoms with Crippen LogP contribution < -0.4 is 5.32 Å². The van der Waals surface area contributed by atoms with Crippen LogP contribution >= 0.6 is 0 Å². The van der Waals surface area contributed by atoms with E-state index in [4.69, 9.17) is 0 Å². The van der Waals surface area contributed by atoms with Crippen molar-refractivity contribution in [1.82, 2.24) is 5.32 Å². The highest BCUT2D eigenvalue weighted by Gasteiger charge is 2.51. The summed E-state index contributed by atoms with van der Waals surface area (Å²) in [5.41, 5.74) is 0. The van der Waals surface area contributed by atoms with Crippen molar-refractivity contribution in [1.29, 1.82) is 0 Å². The van der Waals surface area contributed by atoms with E-state index >= 15 is 0 Å². The molecule has 0 unspecified atom stereocenters. The molecule has 2 aliphatic rings. The Hall–Kier alpha value is -1.32. The first-order valence-corrected chi connectivity index (χ1v) is 6.19. The maximum atomic E-state index is 12.0. The van der Waals surface area contributed by atoms with E-state index in [1.165, 1.54) is 0 Å². The van der Waals surface area contributed by atoms with E-state index in [2.05, 4.69) is 5.32 Å². The molecule has 0 radical (unpaired) electrons. The van der Waals surface area contributed by atoms with E-state index in [-0.39, 0.29) is 23.7 Å². The van der Waals surface area contributed by atoms with Crippen molar-refractivity contribution in [2.24, 2.45) is 29.6 Å². The highest BCUT2D eigenvalue weighted by atomic mass is 16.4. The Kier molecular flexibility index (Phi) is 3.22. The highest BCUT2D eigenvalue weighted by molar-refractivity contribution is 5.86. The molecule has 0 aromatic rings. The van der Waals surface area contributed by atoms with Crippen molar-refractivity contribution in [2.45, 2.75) is 20.3 Å². The summed E-state index contributed by atoms with van der Waals surface area (Å²) in [6, 6.07) is 0. The van der Waals surface area contributed by atoms with E-state index < -0.39 is 11.9 Å². The number of carbonyl (C=O) groups is 2. The van der Waals surface area contributed by atoms with Gasteiger partial charge in [-0.15, -0.1) is 0 Å². The number of fused-ring (bicyclic) bond motifs is 2. The van der Waals surface area contributed by atoms with Crippen LogP contribution in [0.5, 0.6) is 0 Å². The van der Waals surface area contributed by atoms with Crippen LogP contribution in [0.1, 0.15) is 20.3 Å². The van der Waals surface area contributed by atoms with E-state index in [9.17, 15) is 14.7 Å². The van der Waals surface area contributed by atoms with Gasteiger partial charge in [0.1, 0.15) is 0 Å². The summed E-state index contributed by atoms with van der Waals surface area (Å²) in [5.74, 6) is -1.29. The Morgan fingerprint density at radius 1 is 1.29 bits per heavy atom. The van der Waals surface area contributed by atoms with Crippen LogP contribution in [0.15, 0.2) is 12.2 Å². The third-order valence-corrected chi connectivity index (χ3v) is 3.73. The second kappa shape index (κ2) is 4.51. The smallest absolute Gasteiger partial charge is 0.307 e. The molecule has 4 heteroatoms. The van der Waals surface area contributed by atoms with Crippen LogP contribution in [-0.4, -0.2) is 23.5 Å². The second-order valence-electron chi connectivity index (χ2n) is 5.48. The van der Waals surface area contributed by atoms with Crippen molar-refractivity contribution >= 4 is 11.9 Å². The molecule has 94 valence electrons. The number of nitrogens with one attached hydrogen (secondary N) is 1. The fraction of sp³-hybridized carbons (Fsp3) is 0.692. The molecule has 0 aromatic carbocycles. The molecular weight excluding hydrogens is 218 g/mol. The number of hydrogen-bond acceptors (Lipinski definition) is 2. The molecule has 0 aliphatic heterocycles. The van der Waals surface area contributed by atoms with Gasteiger partial charge in [0.25, 0.3) is 0 Å². The van der Waals surface area contributed by atoms with Gasteiger partial charge in [0.2, 0.25) is 5.91 Å². The summed E-state index contributed by atoms with van der Waals surface area (Å²) in [6.45, 7) is 4.66. The van der Waals surface area contributed by atoms with E-state index in [1.807, 2.05) is 26.0 Å². The Balaban J connectivity index is 2.06. The first-order valence-electron chi connectivity index (χ1n) is 6.19. The minimum absolute atomic E-state index is 0.0484. The summed E-state index contributed by atoms with van der Waals surface area (Å²) in [7, 11) is 0. The molecule has 0 aromatic heterocycles. The molecule has 0 heterocycles. The Bertz CT molecular complexity index is 362. The number of allylic oxidation sites excluding steroid dienone is 2. The first-order chi connectivity index (χ1) is 8.00. The molecule has 17 heavy (non-hydrogen) atoms. The molecule has 4 nitrogen and oxygen atoms in total. The lowest BCUT2D eigenvalue weighted by Crippen LogP contribution is -2.41. The molecule has 2 rings (SSSR count). The van der Waals surface area contributed by atoms with Crippen LogP contribution in [0.2, 0.25) is 0 Å². The highest BCUT2D eigenvalue weighted by Crippen LogP contribution is 2.48. The van der Waals surface area contributed by atoms with Gasteiger partial charge < -0.3 is 10.4 Å². The number of hydrogen-bond donors (Lipinski definition) is 2. The van der Waals surface area contributed by atoms with Crippen molar-refractivity contribution in [3.05, 3.63) is 12.2 Å². The van der Waals surface area contributed by atoms with Crippen molar-refractivity contribution in [3.63, 3.8) is 0 Å². The van der Waals surface area contributed by atoms with Gasteiger partial charge in [0, 0.05) is 6.54 Å². The Labute approximate surface area is 101 Å². The zero-order chi connectivity index (χ0) is 12.6. The number of carboxylic acid groups (broad SMARTS) is 1. The number of amides is 1. The minimum atomic E-state index is -0.841. The molecule has 0 saturated heterocycles. The average Bonchev–Trinajstić information content (AvgIpc) is 2.84. The fourth-order valence-corrected chi connectivity index (χ4v) is 2.94. The summed E-state index contributed by atoms with van der Waals surface area (Å²) >= 11 is 0. The zero-order valence-corrected chi connectivity index (χ0v) is 10.2. The minimum Gasteiger partial charge on any atom is -0.481 e. The number of carbonyl (C=O) groups excluding carboxylic acids is 1. The van der Waals surface area contributed by atoms with Crippen molar-refractivity contribution in [2.75, 3.05) is 6.54 Å². The Morgan fingerprint density at radius 3 is 2.41 bits per heavy atom. The third kappa shape index (κ3) is 2.21. The predicted octanol–water partition coefficient (Wildman–Crippen LogP) is 1.28. The molecule has 2 N–H and O–H groups in total. The molecule has 0 spiro atoms. The van der Waals surface area contributed by atoms with Crippen LogP contribution in [0.25, 0.3) is 0 Å². The summed E-state index contributed by atoms with van der Waals surface area (Å²) < 4.78 is 0. The lowest BCUT2D eigenvalue weighted by atomic mass is 9.82. The van der Waals surface area contributed by atoms with Crippen LogP contribution in [0.4, 0.5) is 0 Å². The standard InChI is InChI=1S/C13H19NO3/c1-7(2)6-14-12(15)10-8-3-4-9(5-8)11(10)13(16)17/h3-4,7-11H,5-6H2,1-2H3,(H,14,15)(H,16,17)/t8-,9-,10-,11+/m0/s1. The number of carboxylic acids is 1. The van der Waals surface area contributed by atoms with E-state index in [0.29, 0.717) is 12.5 Å². The number of aliphatic carboxylic acids is 1. The second-order valence-corrected chi connectivity index (χ2v) is 5.48. The van der Waals surface area contributed by atoms with Crippen molar-refractivity contribution < 1.29 is 14.7 Å². The topological polar surface area (TPSA) is 66.4 Å². The predicted molar refractivity (Wildman–Crippen MR) is 63.2 cm³/mol. The molecule has 2 bridgehead atoms. The molecule has 2 aliphatic carbocycles. The molecule has 1 saturated carbocycles. The molecule has 1 amide bonds. The Morgan fingerprint density at radius 2 is 1.88 bits per heavy atom. The van der Waals surface area contributed by atoms with E-state index in [0.717, 1.165) is 6.42 Å². The third-order valence-electron chi connectivity index (χ3n) is 3.73. The quantitative estimate of drug-likeness (QED) is 0.724. The lowest BCUT2D eigenvalue weighted by Gasteiger charge is -2.24. The molecule has 1 fully saturated rings. The van der Waals surface area contributed by atoms with Gasteiger partial charge in [0.05, 0.1) is 11.8 Å². The molecular formula is C13H19NO3. The van der Waals surface area contributed by atoms with E-state index in [1.54, 1.807) is 0 Å². The van der Waals surface area contributed by atoms with Crippen LogP contribution in [0.3, 0.4) is 0 Å². The monoisotopic (exact) mass is 237 g/mol. The van der Waals surface area contributed by atoms with Gasteiger partial charge in [-0.1, -0.05) is 26.0 Å². The van der Waals surface area contributed by atoms with Gasteiger partial charge in [-0.05, 0) is 24.2 Å². The average molecular weight is 237 g/mol. The van der Waals surface area contributed by atoms with Crippen LogP contribution in [-0.2, 0) is 9.59 Å². The largest absolute Gasteiger partial charge is 0.481 e. The zero-order valence-electron chi connectivity index (χ0n) is 10.2. The maximum Gasteiger partial charge on any atom is 0.307 e. The normalized spacial score (nSPS) is 34.3. The molecule has 4 atom stereocenters. The van der Waals surface area contributed by atoms with Crippen molar-refractivity contribution in [3.8, 4) is 0 Å².